The molecule has 0 spiro atoms. The van der Waals surface area contributed by atoms with Crippen LogP contribution in [0.15, 0.2) is 23.4 Å². The Morgan fingerprint density at radius 1 is 1.15 bits per heavy atom. The van der Waals surface area contributed by atoms with Gasteiger partial charge in [-0.25, -0.2) is 4.98 Å². The summed E-state index contributed by atoms with van der Waals surface area (Å²) in [7, 11) is 0. The van der Waals surface area contributed by atoms with Gasteiger partial charge in [0, 0.05) is 12.1 Å². The van der Waals surface area contributed by atoms with Gasteiger partial charge in [0.1, 0.15) is 6.33 Å². The van der Waals surface area contributed by atoms with E-state index in [2.05, 4.69) is 20.3 Å². The number of rotatable bonds is 1. The Hall–Kier alpha value is -2.31. The van der Waals surface area contributed by atoms with Gasteiger partial charge in [0.2, 0.25) is 0 Å². The van der Waals surface area contributed by atoms with Crippen LogP contribution in [0.25, 0.3) is 16.8 Å². The van der Waals surface area contributed by atoms with Crippen molar-refractivity contribution in [3.63, 3.8) is 0 Å². The van der Waals surface area contributed by atoms with Crippen molar-refractivity contribution in [3.05, 3.63) is 28.9 Å². The Labute approximate surface area is 114 Å². The zero-order valence-electron chi connectivity index (χ0n) is 10.9. The van der Waals surface area contributed by atoms with Crippen molar-refractivity contribution in [1.29, 1.82) is 0 Å². The molecule has 0 amide bonds. The number of nitrogens with zero attached hydrogens (tertiary/aromatic N) is 6. The van der Waals surface area contributed by atoms with Gasteiger partial charge >= 0.3 is 0 Å². The minimum Gasteiger partial charge on any atom is -0.294 e. The van der Waals surface area contributed by atoms with E-state index in [0.29, 0.717) is 11.3 Å². The Morgan fingerprint density at radius 2 is 2.00 bits per heavy atom. The second-order valence-corrected chi connectivity index (χ2v) is 5.22. The van der Waals surface area contributed by atoms with Crippen LogP contribution in [0, 0.1) is 0 Å². The Kier molecular flexibility index (Phi) is 2.51. The summed E-state index contributed by atoms with van der Waals surface area (Å²) in [5, 5.41) is 12.2. The Bertz CT molecular complexity index is 830. The molecule has 0 unspecified atom stereocenters. The van der Waals surface area contributed by atoms with E-state index in [1.54, 1.807) is 27.7 Å². The van der Waals surface area contributed by atoms with Gasteiger partial charge in [-0.15, -0.1) is 10.2 Å². The standard InChI is InChI=1S/C13H14N6O/c20-13-11-12(19-10(16-17-11)6-7-15-19)14-8-18(13)9-4-2-1-3-5-9/h6-9H,1-5H2. The summed E-state index contributed by atoms with van der Waals surface area (Å²) in [5.41, 5.74) is 1.23. The molecule has 0 saturated heterocycles. The molecule has 7 heteroatoms. The lowest BCUT2D eigenvalue weighted by Gasteiger charge is -2.23. The summed E-state index contributed by atoms with van der Waals surface area (Å²) in [6, 6.07) is 1.98. The van der Waals surface area contributed by atoms with E-state index >= 15 is 0 Å². The molecule has 0 radical (unpaired) electrons. The van der Waals surface area contributed by atoms with Gasteiger partial charge in [0.15, 0.2) is 16.8 Å². The molecule has 0 atom stereocenters. The van der Waals surface area contributed by atoms with Crippen LogP contribution in [0.2, 0.25) is 0 Å². The van der Waals surface area contributed by atoms with Gasteiger partial charge in [-0.3, -0.25) is 9.36 Å². The van der Waals surface area contributed by atoms with Gasteiger partial charge in [0.05, 0.1) is 6.20 Å². The molecule has 20 heavy (non-hydrogen) atoms. The van der Waals surface area contributed by atoms with Gasteiger partial charge in [0.25, 0.3) is 5.56 Å². The van der Waals surface area contributed by atoms with Crippen LogP contribution in [-0.4, -0.2) is 29.4 Å². The van der Waals surface area contributed by atoms with E-state index < -0.39 is 0 Å². The molecular formula is C13H14N6O. The summed E-state index contributed by atoms with van der Waals surface area (Å²) in [6.45, 7) is 0. The summed E-state index contributed by atoms with van der Waals surface area (Å²) in [5.74, 6) is 0. The maximum atomic E-state index is 12.6. The lowest BCUT2D eigenvalue weighted by molar-refractivity contribution is 0.344. The maximum absolute atomic E-state index is 12.6. The SMILES string of the molecule is O=c1c2nnc3ccnn3c2ncn1C1CCCCC1. The highest BCUT2D eigenvalue weighted by Gasteiger charge is 2.19. The third-order valence-electron chi connectivity index (χ3n) is 4.00. The molecule has 7 nitrogen and oxygen atoms in total. The van der Waals surface area contributed by atoms with Crippen LogP contribution >= 0.6 is 0 Å². The topological polar surface area (TPSA) is 78.0 Å². The summed E-state index contributed by atoms with van der Waals surface area (Å²) >= 11 is 0. The van der Waals surface area contributed by atoms with Gasteiger partial charge in [-0.2, -0.15) is 9.61 Å². The number of hydrogen-bond acceptors (Lipinski definition) is 5. The quantitative estimate of drug-likeness (QED) is 0.666. The molecule has 1 saturated carbocycles. The van der Waals surface area contributed by atoms with E-state index in [0.717, 1.165) is 12.8 Å². The van der Waals surface area contributed by atoms with E-state index in [1.165, 1.54) is 19.3 Å². The lowest BCUT2D eigenvalue weighted by Crippen LogP contribution is -2.28. The molecule has 0 aliphatic heterocycles. The molecule has 102 valence electrons. The molecule has 3 heterocycles. The molecule has 0 aromatic carbocycles. The first-order valence-electron chi connectivity index (χ1n) is 6.92. The minimum atomic E-state index is -0.119. The van der Waals surface area contributed by atoms with Gasteiger partial charge in [-0.1, -0.05) is 19.3 Å². The van der Waals surface area contributed by atoms with E-state index in [-0.39, 0.29) is 17.1 Å². The molecule has 1 aliphatic carbocycles. The predicted molar refractivity (Wildman–Crippen MR) is 72.5 cm³/mol. The Balaban J connectivity index is 1.94. The summed E-state index contributed by atoms with van der Waals surface area (Å²) in [4.78, 5) is 17.0. The van der Waals surface area contributed by atoms with Gasteiger partial charge < -0.3 is 0 Å². The van der Waals surface area contributed by atoms with Crippen molar-refractivity contribution < 1.29 is 0 Å². The van der Waals surface area contributed by atoms with Crippen LogP contribution in [0.5, 0.6) is 0 Å². The summed E-state index contributed by atoms with van der Waals surface area (Å²) < 4.78 is 3.26. The normalized spacial score (nSPS) is 17.0. The molecule has 1 fully saturated rings. The molecule has 4 rings (SSSR count). The highest BCUT2D eigenvalue weighted by Crippen LogP contribution is 2.26. The van der Waals surface area contributed by atoms with E-state index in [9.17, 15) is 4.79 Å². The zero-order valence-corrected chi connectivity index (χ0v) is 10.9. The van der Waals surface area contributed by atoms with Gasteiger partial charge in [-0.05, 0) is 12.8 Å². The van der Waals surface area contributed by atoms with Crippen molar-refractivity contribution >= 4 is 16.8 Å². The van der Waals surface area contributed by atoms with Crippen molar-refractivity contribution in [2.24, 2.45) is 0 Å². The highest BCUT2D eigenvalue weighted by atomic mass is 16.1. The summed E-state index contributed by atoms with van der Waals surface area (Å²) in [6.07, 6.45) is 8.90. The van der Waals surface area contributed by atoms with E-state index in [4.69, 9.17) is 0 Å². The molecule has 3 aromatic rings. The number of hydrogen-bond donors (Lipinski definition) is 0. The molecule has 0 N–H and O–H groups in total. The zero-order chi connectivity index (χ0) is 13.5. The van der Waals surface area contributed by atoms with Crippen LogP contribution in [0.4, 0.5) is 0 Å². The van der Waals surface area contributed by atoms with Crippen LogP contribution in [0.1, 0.15) is 38.1 Å². The number of fused-ring (bicyclic) bond motifs is 3. The van der Waals surface area contributed by atoms with Crippen LogP contribution in [0.3, 0.4) is 0 Å². The fourth-order valence-corrected chi connectivity index (χ4v) is 2.95. The highest BCUT2D eigenvalue weighted by molar-refractivity contribution is 5.70. The van der Waals surface area contributed by atoms with Crippen LogP contribution in [-0.2, 0) is 0 Å². The van der Waals surface area contributed by atoms with Crippen LogP contribution < -0.4 is 5.56 Å². The first-order chi connectivity index (χ1) is 9.84. The fourth-order valence-electron chi connectivity index (χ4n) is 2.95. The predicted octanol–water partition coefficient (Wildman–Crippen LogP) is 1.34. The molecular weight excluding hydrogens is 256 g/mol. The molecule has 1 aliphatic rings. The lowest BCUT2D eigenvalue weighted by atomic mass is 9.95. The average molecular weight is 270 g/mol. The largest absolute Gasteiger partial charge is 0.294 e. The third-order valence-corrected chi connectivity index (χ3v) is 4.00. The minimum absolute atomic E-state index is 0.119. The second kappa shape index (κ2) is 4.36. The smallest absolute Gasteiger partial charge is 0.283 e. The van der Waals surface area contributed by atoms with Crippen molar-refractivity contribution in [1.82, 2.24) is 29.4 Å². The first-order valence-corrected chi connectivity index (χ1v) is 6.92. The fraction of sp³-hybridized carbons (Fsp3) is 0.462. The maximum Gasteiger partial charge on any atom is 0.283 e. The number of aromatic nitrogens is 6. The van der Waals surface area contributed by atoms with Crippen molar-refractivity contribution in [2.75, 3.05) is 0 Å². The first kappa shape index (κ1) is 11.5. The Morgan fingerprint density at radius 3 is 2.85 bits per heavy atom. The average Bonchev–Trinajstić information content (AvgIpc) is 2.97. The van der Waals surface area contributed by atoms with Crippen molar-refractivity contribution in [2.45, 2.75) is 38.1 Å². The van der Waals surface area contributed by atoms with Crippen molar-refractivity contribution in [3.8, 4) is 0 Å². The second-order valence-electron chi connectivity index (χ2n) is 5.22. The molecule has 3 aromatic heterocycles. The third kappa shape index (κ3) is 1.62. The molecule has 0 bridgehead atoms. The monoisotopic (exact) mass is 270 g/mol. The van der Waals surface area contributed by atoms with E-state index in [1.807, 2.05) is 0 Å².